The molecule has 2 aromatic carbocycles. The Bertz CT molecular complexity index is 3480. The highest BCUT2D eigenvalue weighted by Gasteiger charge is 2.40. The molecule has 14 amide bonds. The molecule has 105 heavy (non-hydrogen) atoms. The van der Waals surface area contributed by atoms with E-state index in [9.17, 15) is 87.2 Å². The van der Waals surface area contributed by atoms with Gasteiger partial charge in [-0.3, -0.25) is 71.9 Å². The number of hydrogen-bond donors (Lipinski definition) is 22. The summed E-state index contributed by atoms with van der Waals surface area (Å²) in [6.07, 6.45) is -0.587. The third kappa shape index (κ3) is 29.1. The molecule has 0 saturated heterocycles. The number of rotatable bonds is 45. The molecule has 1 heterocycles. The smallest absolute Gasteiger partial charge is 0.303 e. The van der Waals surface area contributed by atoms with Crippen molar-refractivity contribution in [2.75, 3.05) is 39.4 Å². The van der Waals surface area contributed by atoms with Gasteiger partial charge in [0, 0.05) is 36.4 Å². The van der Waals surface area contributed by atoms with Crippen LogP contribution in [0.3, 0.4) is 0 Å². The van der Waals surface area contributed by atoms with E-state index in [1.165, 1.54) is 13.8 Å². The number of aliphatic hydroxyl groups excluding tert-OH is 2. The highest BCUT2D eigenvalue weighted by atomic mass is 16.4. The number of amides is 14. The quantitative estimate of drug-likeness (QED) is 0.0250. The van der Waals surface area contributed by atoms with Crippen LogP contribution in [0.15, 0.2) is 60.8 Å². The van der Waals surface area contributed by atoms with Crippen molar-refractivity contribution < 1.29 is 87.2 Å². The highest BCUT2D eigenvalue weighted by Crippen LogP contribution is 2.23. The van der Waals surface area contributed by atoms with Crippen LogP contribution in [-0.2, 0) is 84.8 Å². The van der Waals surface area contributed by atoms with Crippen LogP contribution in [0.25, 0.3) is 10.9 Å². The van der Waals surface area contributed by atoms with Crippen LogP contribution in [0, 0.1) is 17.3 Å². The summed E-state index contributed by atoms with van der Waals surface area (Å²) in [5, 5.41) is 63.5. The standard InChI is InChI=1S/C68H107N19O18/c1-10-35(4)53(66(104)76-37(6)55(73)93)86-67(105)54(68(7,8)9)87-60(98)42(20-21-51(91)92)78-61(99)46(28-38-16-12-11-13-17-38)82-59(97)45(24-27-71)79-58(96)44(23-26-70)80-64(102)49(33-89)84-62(100)47(29-39-30-74-41-19-15-14-18-40(39)41)83-63(101)48(32-88)77-50(90)31-75-57(95)43(22-25-69)81-65(103)52(34(2)3)85-56(94)36(5)72/h11-19,30,34-37,42-49,52-54,74,88-89H,10,20-29,31-33,69-72H2,1-9H3,(H2,73,93)(H,75,95)(H,76,104)(H,77,90)(H,78,99)(H,79,96)(H,80,102)(H,81,103)(H,82,97)(H,83,101)(H,84,100)(H,85,94)(H,86,105)(H,87,98)(H,91,92)/t35-,36-,37-,42-,43+,44-,45+,46-,47+,48+,49-,52+,53+,54+/m0/s1. The molecule has 14 atom stereocenters. The Hall–Kier alpha value is -10.2. The molecule has 3 rings (SSSR count). The molecular weight excluding hydrogens is 1370 g/mol. The Morgan fingerprint density at radius 2 is 0.905 bits per heavy atom. The molecule has 0 aliphatic carbocycles. The normalized spacial score (nSPS) is 15.4. The van der Waals surface area contributed by atoms with E-state index in [0.717, 1.165) is 0 Å². The van der Waals surface area contributed by atoms with E-state index in [2.05, 4.69) is 74.1 Å². The van der Waals surface area contributed by atoms with E-state index < -0.39 is 217 Å². The fourth-order valence-electron chi connectivity index (χ4n) is 10.5. The largest absolute Gasteiger partial charge is 0.481 e. The fraction of sp³-hybridized carbons (Fsp3) is 0.574. The molecule has 1 aromatic heterocycles. The van der Waals surface area contributed by atoms with Crippen molar-refractivity contribution in [3.05, 3.63) is 71.9 Å². The van der Waals surface area contributed by atoms with E-state index in [-0.39, 0.29) is 51.7 Å². The van der Waals surface area contributed by atoms with E-state index in [1.807, 2.05) is 0 Å². The van der Waals surface area contributed by atoms with Crippen LogP contribution in [0.1, 0.15) is 112 Å². The van der Waals surface area contributed by atoms with E-state index in [0.29, 0.717) is 28.5 Å². The lowest BCUT2D eigenvalue weighted by Crippen LogP contribution is -2.63. The van der Waals surface area contributed by atoms with E-state index in [4.69, 9.17) is 28.7 Å². The van der Waals surface area contributed by atoms with E-state index >= 15 is 0 Å². The lowest BCUT2D eigenvalue weighted by molar-refractivity contribution is -0.139. The average molecular weight is 1480 g/mol. The molecule has 37 nitrogen and oxygen atoms in total. The van der Waals surface area contributed by atoms with Gasteiger partial charge in [-0.05, 0) is 93.6 Å². The number of para-hydroxylation sites is 1. The van der Waals surface area contributed by atoms with Crippen LogP contribution in [0.4, 0.5) is 0 Å². The SMILES string of the molecule is CC[C@H](C)[C@@H](NC(=O)[C@@H](NC(=O)[C@H](CCC(=O)O)NC(=O)[C@H](Cc1ccccc1)NC(=O)[C@@H](CCN)NC(=O)[C@H](CCN)NC(=O)[C@H](CO)NC(=O)[C@@H](Cc1c[nH]c2ccccc12)NC(=O)[C@@H](CO)NC(=O)CNC(=O)[C@@H](CCN)NC(=O)[C@H](NC(=O)[C@H](C)N)C(C)C)C(C)(C)C)C(=O)N[C@@H](C)C(N)=O. The van der Waals surface area contributed by atoms with Gasteiger partial charge in [0.05, 0.1) is 25.8 Å². The summed E-state index contributed by atoms with van der Waals surface area (Å²) in [7, 11) is 0. The Balaban J connectivity index is 1.88. The number of hydrogen-bond acceptors (Lipinski definition) is 21. The summed E-state index contributed by atoms with van der Waals surface area (Å²) in [5.74, 6) is -15.5. The van der Waals surface area contributed by atoms with Crippen LogP contribution >= 0.6 is 0 Å². The van der Waals surface area contributed by atoms with Crippen LogP contribution < -0.4 is 97.8 Å². The first-order valence-electron chi connectivity index (χ1n) is 34.5. The van der Waals surface area contributed by atoms with Gasteiger partial charge in [-0.25, -0.2) is 0 Å². The Labute approximate surface area is 608 Å². The summed E-state index contributed by atoms with van der Waals surface area (Å²) in [6, 6.07) is -3.81. The molecular formula is C68H107N19O18. The van der Waals surface area contributed by atoms with Crippen molar-refractivity contribution in [2.45, 2.75) is 192 Å². The van der Waals surface area contributed by atoms with Crippen molar-refractivity contribution in [2.24, 2.45) is 45.9 Å². The maximum Gasteiger partial charge on any atom is 0.303 e. The van der Waals surface area contributed by atoms with Crippen molar-refractivity contribution in [3.63, 3.8) is 0 Å². The van der Waals surface area contributed by atoms with Crippen LogP contribution in [0.2, 0.25) is 0 Å². The van der Waals surface area contributed by atoms with Crippen LogP contribution in [-0.4, -0.2) is 227 Å². The number of carboxylic acid groups (broad SMARTS) is 1. The molecule has 582 valence electrons. The minimum atomic E-state index is -1.87. The van der Waals surface area contributed by atoms with Gasteiger partial charge in [0.25, 0.3) is 0 Å². The predicted octanol–water partition coefficient (Wildman–Crippen LogP) is -6.62. The molecule has 0 aliphatic heterocycles. The summed E-state index contributed by atoms with van der Waals surface area (Å²) in [5.41, 5.74) is 29.0. The Kier molecular flexibility index (Phi) is 37.1. The number of benzene rings is 2. The monoisotopic (exact) mass is 1480 g/mol. The predicted molar refractivity (Wildman–Crippen MR) is 383 cm³/mol. The van der Waals surface area contributed by atoms with Gasteiger partial charge in [0.15, 0.2) is 0 Å². The first-order chi connectivity index (χ1) is 49.4. The lowest BCUT2D eigenvalue weighted by Gasteiger charge is -2.34. The first-order valence-corrected chi connectivity index (χ1v) is 34.5. The van der Waals surface area contributed by atoms with Gasteiger partial charge in [0.2, 0.25) is 82.7 Å². The number of primary amides is 1. The molecule has 0 aliphatic rings. The molecule has 0 bridgehead atoms. The molecule has 0 spiro atoms. The second-order valence-corrected chi connectivity index (χ2v) is 26.9. The minimum absolute atomic E-state index is 0.0963. The number of aliphatic carboxylic acids is 1. The van der Waals surface area contributed by atoms with Gasteiger partial charge in [0.1, 0.15) is 72.5 Å². The zero-order valence-electron chi connectivity index (χ0n) is 60.7. The molecule has 0 saturated carbocycles. The molecule has 0 radical (unpaired) electrons. The van der Waals surface area contributed by atoms with E-state index in [1.54, 1.807) is 109 Å². The minimum Gasteiger partial charge on any atom is -0.481 e. The summed E-state index contributed by atoms with van der Waals surface area (Å²) < 4.78 is 0. The second-order valence-electron chi connectivity index (χ2n) is 26.9. The Morgan fingerprint density at radius 1 is 0.476 bits per heavy atom. The van der Waals surface area contributed by atoms with Gasteiger partial charge in [-0.15, -0.1) is 0 Å². The fourth-order valence-corrected chi connectivity index (χ4v) is 10.5. The molecule has 27 N–H and O–H groups in total. The van der Waals surface area contributed by atoms with Crippen LogP contribution in [0.5, 0.6) is 0 Å². The number of nitrogens with one attached hydrogen (secondary N) is 14. The van der Waals surface area contributed by atoms with Crippen molar-refractivity contribution in [3.8, 4) is 0 Å². The first kappa shape index (κ1) is 89.0. The van der Waals surface area contributed by atoms with Gasteiger partial charge >= 0.3 is 5.97 Å². The van der Waals surface area contributed by atoms with Crippen molar-refractivity contribution >= 4 is 99.6 Å². The average Bonchev–Trinajstić information content (AvgIpc) is 1.81. The molecule has 0 unspecified atom stereocenters. The topological polar surface area (TPSA) is 619 Å². The van der Waals surface area contributed by atoms with Gasteiger partial charge in [-0.1, -0.05) is 103 Å². The maximum absolute atomic E-state index is 14.6. The summed E-state index contributed by atoms with van der Waals surface area (Å²) in [6.45, 7) is 10.7. The number of aromatic nitrogens is 1. The van der Waals surface area contributed by atoms with Gasteiger partial charge < -0.3 is 118 Å². The summed E-state index contributed by atoms with van der Waals surface area (Å²) >= 11 is 0. The number of carboxylic acids is 1. The zero-order chi connectivity index (χ0) is 79.0. The number of carbonyl (C=O) groups excluding carboxylic acids is 14. The maximum atomic E-state index is 14.6. The number of H-pyrrole nitrogens is 1. The Morgan fingerprint density at radius 3 is 1.39 bits per heavy atom. The third-order valence-electron chi connectivity index (χ3n) is 16.9. The lowest BCUT2D eigenvalue weighted by atomic mass is 9.85. The molecule has 3 aromatic rings. The number of fused-ring (bicyclic) bond motifs is 1. The second kappa shape index (κ2) is 43.8. The highest BCUT2D eigenvalue weighted by molar-refractivity contribution is 6.00. The number of nitrogens with two attached hydrogens (primary N) is 5. The number of aliphatic hydroxyl groups is 2. The number of carbonyl (C=O) groups is 15. The van der Waals surface area contributed by atoms with Crippen molar-refractivity contribution in [1.82, 2.24) is 74.1 Å². The van der Waals surface area contributed by atoms with Crippen molar-refractivity contribution in [1.29, 1.82) is 0 Å². The van der Waals surface area contributed by atoms with Gasteiger partial charge in [-0.2, -0.15) is 0 Å². The molecule has 0 fully saturated rings. The molecule has 37 heteroatoms. The summed E-state index contributed by atoms with van der Waals surface area (Å²) in [4.78, 5) is 207. The zero-order valence-corrected chi connectivity index (χ0v) is 60.7. The number of aromatic amines is 1. The third-order valence-corrected chi connectivity index (χ3v) is 16.9.